The highest BCUT2D eigenvalue weighted by atomic mass is 19.3. The van der Waals surface area contributed by atoms with Crippen LogP contribution in [-0.2, 0) is 11.3 Å². The van der Waals surface area contributed by atoms with E-state index >= 15 is 0 Å². The largest absolute Gasteiger partial charge is 0.484 e. The summed E-state index contributed by atoms with van der Waals surface area (Å²) in [5, 5.41) is 15.1. The molecule has 2 N–H and O–H groups in total. The lowest BCUT2D eigenvalue weighted by atomic mass is 10.2. The smallest absolute Gasteiger partial charge is 0.325 e. The normalized spacial score (nSPS) is 18.0. The maximum atomic E-state index is 12.8. The van der Waals surface area contributed by atoms with Gasteiger partial charge in [-0.2, -0.15) is 5.10 Å². The van der Waals surface area contributed by atoms with Crippen LogP contribution in [0.4, 0.5) is 14.6 Å². The number of carbonyl (C=O) groups is 2. The zero-order chi connectivity index (χ0) is 17.3. The predicted octanol–water partition coefficient (Wildman–Crippen LogP) is 2.01. The van der Waals surface area contributed by atoms with Gasteiger partial charge in [0, 0.05) is 17.8 Å². The van der Waals surface area contributed by atoms with E-state index in [1.807, 2.05) is 0 Å². The van der Waals surface area contributed by atoms with Crippen molar-refractivity contribution in [1.29, 1.82) is 0 Å². The third-order valence-electron chi connectivity index (χ3n) is 3.34. The molecule has 0 aliphatic heterocycles. The summed E-state index contributed by atoms with van der Waals surface area (Å²) in [6, 6.07) is 7.23. The Morgan fingerprint density at radius 3 is 2.58 bits per heavy atom. The summed E-state index contributed by atoms with van der Waals surface area (Å²) in [5.41, 5.74) is 0.290. The number of benzene rings is 1. The summed E-state index contributed by atoms with van der Waals surface area (Å²) in [4.78, 5) is 22.6. The van der Waals surface area contributed by atoms with Gasteiger partial charge in [-0.1, -0.05) is 0 Å². The number of hydrogen-bond acceptors (Lipinski definition) is 4. The number of aliphatic carboxylic acids is 1. The van der Waals surface area contributed by atoms with Crippen molar-refractivity contribution >= 4 is 17.7 Å². The maximum absolute atomic E-state index is 12.8. The van der Waals surface area contributed by atoms with E-state index in [9.17, 15) is 18.4 Å². The molecule has 9 heteroatoms. The lowest BCUT2D eigenvalue weighted by Crippen LogP contribution is -2.14. The molecule has 126 valence electrons. The van der Waals surface area contributed by atoms with Crippen LogP contribution in [0.1, 0.15) is 16.8 Å². The number of halogens is 2. The summed E-state index contributed by atoms with van der Waals surface area (Å²) in [6.07, 6.45) is 0.0282. The molecule has 1 unspecified atom stereocenters. The molecular weight excluding hydrogens is 324 g/mol. The Morgan fingerprint density at radius 1 is 1.33 bits per heavy atom. The predicted molar refractivity (Wildman–Crippen MR) is 78.2 cm³/mol. The van der Waals surface area contributed by atoms with Crippen LogP contribution in [-0.4, -0.2) is 38.8 Å². The van der Waals surface area contributed by atoms with E-state index in [1.165, 1.54) is 41.2 Å². The van der Waals surface area contributed by atoms with Crippen molar-refractivity contribution < 1.29 is 28.2 Å². The summed E-state index contributed by atoms with van der Waals surface area (Å²) in [6.45, 7) is -0.312. The first kappa shape index (κ1) is 15.9. The summed E-state index contributed by atoms with van der Waals surface area (Å²) >= 11 is 0. The van der Waals surface area contributed by atoms with Crippen LogP contribution in [0.15, 0.2) is 36.5 Å². The number of rotatable bonds is 6. The third-order valence-corrected chi connectivity index (χ3v) is 3.34. The van der Waals surface area contributed by atoms with Crippen molar-refractivity contribution in [3.63, 3.8) is 0 Å². The molecule has 7 nitrogen and oxygen atoms in total. The molecule has 1 saturated carbocycles. The van der Waals surface area contributed by atoms with Gasteiger partial charge in [-0.25, -0.2) is 8.78 Å². The minimum Gasteiger partial charge on any atom is -0.484 e. The van der Waals surface area contributed by atoms with Gasteiger partial charge < -0.3 is 15.2 Å². The van der Waals surface area contributed by atoms with E-state index in [0.717, 1.165) is 0 Å². The van der Waals surface area contributed by atoms with Crippen molar-refractivity contribution in [2.45, 2.75) is 25.0 Å². The van der Waals surface area contributed by atoms with Gasteiger partial charge in [-0.05, 0) is 24.3 Å². The molecular formula is C15H13F2N3O4. The van der Waals surface area contributed by atoms with Crippen molar-refractivity contribution in [1.82, 2.24) is 9.78 Å². The number of alkyl halides is 2. The van der Waals surface area contributed by atoms with Crippen molar-refractivity contribution in [2.75, 3.05) is 5.32 Å². The van der Waals surface area contributed by atoms with Crippen LogP contribution in [0.5, 0.6) is 5.75 Å². The molecule has 1 fully saturated rings. The second kappa shape index (κ2) is 5.91. The minimum atomic E-state index is -2.77. The van der Waals surface area contributed by atoms with Crippen LogP contribution in [0.25, 0.3) is 0 Å². The highest BCUT2D eigenvalue weighted by Crippen LogP contribution is 2.44. The maximum Gasteiger partial charge on any atom is 0.325 e. The van der Waals surface area contributed by atoms with Gasteiger partial charge in [-0.15, -0.1) is 0 Å². The van der Waals surface area contributed by atoms with Crippen LogP contribution >= 0.6 is 0 Å². The first-order valence-electron chi connectivity index (χ1n) is 7.05. The fourth-order valence-corrected chi connectivity index (χ4v) is 2.01. The molecule has 2 aromatic rings. The van der Waals surface area contributed by atoms with E-state index in [0.29, 0.717) is 0 Å². The number of carbonyl (C=O) groups excluding carboxylic acids is 1. The van der Waals surface area contributed by atoms with E-state index in [1.54, 1.807) is 0 Å². The zero-order valence-electron chi connectivity index (χ0n) is 12.3. The topological polar surface area (TPSA) is 93.5 Å². The number of ether oxygens (including phenoxy) is 1. The molecule has 1 atom stereocenters. The molecule has 1 heterocycles. The molecule has 3 rings (SSSR count). The molecule has 0 spiro atoms. The second-order valence-corrected chi connectivity index (χ2v) is 5.34. The molecule has 1 amide bonds. The molecule has 0 bridgehead atoms. The Morgan fingerprint density at radius 2 is 2.00 bits per heavy atom. The van der Waals surface area contributed by atoms with Gasteiger partial charge in [0.2, 0.25) is 0 Å². The number of anilines is 1. The molecule has 24 heavy (non-hydrogen) atoms. The number of amides is 1. The monoisotopic (exact) mass is 337 g/mol. The van der Waals surface area contributed by atoms with Gasteiger partial charge in [0.05, 0.1) is 6.42 Å². The van der Waals surface area contributed by atoms with Crippen LogP contribution in [0.2, 0.25) is 0 Å². The average Bonchev–Trinajstić information content (AvgIpc) is 2.90. The highest BCUT2D eigenvalue weighted by Gasteiger charge is 2.59. The molecule has 0 radical (unpaired) electrons. The number of hydrogen-bond donors (Lipinski definition) is 2. The molecule has 1 aromatic heterocycles. The summed E-state index contributed by atoms with van der Waals surface area (Å²) in [7, 11) is 0. The van der Waals surface area contributed by atoms with E-state index in [4.69, 9.17) is 9.84 Å². The Bertz CT molecular complexity index is 773. The van der Waals surface area contributed by atoms with Crippen LogP contribution < -0.4 is 10.1 Å². The van der Waals surface area contributed by atoms with E-state index < -0.39 is 23.9 Å². The van der Waals surface area contributed by atoms with Crippen molar-refractivity contribution in [3.05, 3.63) is 42.1 Å². The zero-order valence-corrected chi connectivity index (χ0v) is 12.3. The summed E-state index contributed by atoms with van der Waals surface area (Å²) < 4.78 is 31.8. The SMILES string of the molecule is O=C(O)Cn1ccc(NC(=O)c2ccc(OC3CC3(F)F)cc2)n1. The Labute approximate surface area is 134 Å². The van der Waals surface area contributed by atoms with Gasteiger partial charge in [-0.3, -0.25) is 14.3 Å². The molecule has 0 saturated heterocycles. The van der Waals surface area contributed by atoms with Gasteiger partial charge in [0.25, 0.3) is 11.8 Å². The van der Waals surface area contributed by atoms with Gasteiger partial charge in [0.15, 0.2) is 11.9 Å². The number of aromatic nitrogens is 2. The molecule has 1 aliphatic carbocycles. The standard InChI is InChI=1S/C15H13F2N3O4/c16-15(17)7-11(15)24-10-3-1-9(2-4-10)14(23)18-12-5-6-20(19-12)8-13(21)22/h1-6,11H,7-8H2,(H,21,22)(H,18,19,23). The number of carboxylic acid groups (broad SMARTS) is 1. The Hall–Kier alpha value is -2.97. The number of nitrogens with one attached hydrogen (secondary N) is 1. The molecule has 1 aliphatic rings. The first-order valence-corrected chi connectivity index (χ1v) is 7.05. The Balaban J connectivity index is 1.58. The minimum absolute atomic E-state index is 0.208. The van der Waals surface area contributed by atoms with Crippen molar-refractivity contribution in [2.24, 2.45) is 0 Å². The average molecular weight is 337 g/mol. The quantitative estimate of drug-likeness (QED) is 0.841. The lowest BCUT2D eigenvalue weighted by Gasteiger charge is -2.06. The van der Waals surface area contributed by atoms with Gasteiger partial charge in [0.1, 0.15) is 12.3 Å². The van der Waals surface area contributed by atoms with E-state index in [-0.39, 0.29) is 30.1 Å². The van der Waals surface area contributed by atoms with E-state index in [2.05, 4.69) is 10.4 Å². The lowest BCUT2D eigenvalue weighted by molar-refractivity contribution is -0.137. The highest BCUT2D eigenvalue weighted by molar-refractivity contribution is 6.03. The first-order chi connectivity index (χ1) is 11.3. The summed E-state index contributed by atoms with van der Waals surface area (Å²) in [5.74, 6) is -3.81. The van der Waals surface area contributed by atoms with Crippen molar-refractivity contribution in [3.8, 4) is 5.75 Å². The molecule has 1 aromatic carbocycles. The van der Waals surface area contributed by atoms with Crippen LogP contribution in [0, 0.1) is 0 Å². The Kier molecular flexibility index (Phi) is 3.92. The second-order valence-electron chi connectivity index (χ2n) is 5.34. The fourth-order valence-electron chi connectivity index (χ4n) is 2.01. The van der Waals surface area contributed by atoms with Crippen LogP contribution in [0.3, 0.4) is 0 Å². The number of nitrogens with zero attached hydrogens (tertiary/aromatic N) is 2. The number of carboxylic acids is 1. The third kappa shape index (κ3) is 3.67. The van der Waals surface area contributed by atoms with Gasteiger partial charge >= 0.3 is 5.97 Å². The fraction of sp³-hybridized carbons (Fsp3) is 0.267.